The normalized spacial score (nSPS) is 18.5. The van der Waals surface area contributed by atoms with E-state index in [4.69, 9.17) is 21.3 Å². The van der Waals surface area contributed by atoms with Gasteiger partial charge in [0, 0.05) is 17.1 Å². The number of fused-ring (bicyclic) bond motifs is 1. The van der Waals surface area contributed by atoms with Crippen LogP contribution in [-0.4, -0.2) is 45.3 Å². The highest BCUT2D eigenvalue weighted by Crippen LogP contribution is 2.30. The first kappa shape index (κ1) is 23.6. The molecule has 4 rings (SSSR count). The van der Waals surface area contributed by atoms with E-state index >= 15 is 0 Å². The standard InChI is InChI=1S/C25H28ClN3O3S/c1-15-8-11-22(32-4)21(12-15)29-24(31)19-10-9-18(26)13-20(19)27-25(29)33-14-23(30)28-16(2)6-5-7-17(28)3/h8-13,16-17H,5-7,14H2,1-4H3/t16-,17-/m0/s1. The maximum Gasteiger partial charge on any atom is 0.266 e. The fourth-order valence-corrected chi connectivity index (χ4v) is 5.58. The first-order valence-corrected chi connectivity index (χ1v) is 12.5. The van der Waals surface area contributed by atoms with Crippen LogP contribution in [0.4, 0.5) is 0 Å². The Morgan fingerprint density at radius 2 is 1.91 bits per heavy atom. The summed E-state index contributed by atoms with van der Waals surface area (Å²) in [6.45, 7) is 6.15. The first-order chi connectivity index (χ1) is 15.8. The Labute approximate surface area is 202 Å². The number of hydrogen-bond acceptors (Lipinski definition) is 5. The molecule has 0 saturated carbocycles. The highest BCUT2D eigenvalue weighted by Gasteiger charge is 2.29. The van der Waals surface area contributed by atoms with Crippen LogP contribution in [0.25, 0.3) is 16.6 Å². The summed E-state index contributed by atoms with van der Waals surface area (Å²) in [7, 11) is 1.57. The predicted molar refractivity (Wildman–Crippen MR) is 134 cm³/mol. The number of hydrogen-bond donors (Lipinski definition) is 0. The van der Waals surface area contributed by atoms with Gasteiger partial charge < -0.3 is 9.64 Å². The number of benzene rings is 2. The third-order valence-corrected chi connectivity index (χ3v) is 7.34. The van der Waals surface area contributed by atoms with Gasteiger partial charge in [-0.05, 0) is 75.9 Å². The van der Waals surface area contributed by atoms with Gasteiger partial charge >= 0.3 is 0 Å². The van der Waals surface area contributed by atoms with Crippen molar-refractivity contribution < 1.29 is 9.53 Å². The maximum atomic E-state index is 13.6. The van der Waals surface area contributed by atoms with E-state index in [1.165, 1.54) is 11.8 Å². The van der Waals surface area contributed by atoms with Crippen molar-refractivity contribution in [2.24, 2.45) is 0 Å². The molecule has 0 aliphatic carbocycles. The van der Waals surface area contributed by atoms with Crippen LogP contribution >= 0.6 is 23.4 Å². The van der Waals surface area contributed by atoms with Crippen LogP contribution < -0.4 is 10.3 Å². The van der Waals surface area contributed by atoms with E-state index in [-0.39, 0.29) is 29.3 Å². The van der Waals surface area contributed by atoms with E-state index in [9.17, 15) is 9.59 Å². The minimum absolute atomic E-state index is 0.0582. The molecule has 0 unspecified atom stereocenters. The zero-order chi connectivity index (χ0) is 23.7. The second kappa shape index (κ2) is 9.77. The predicted octanol–water partition coefficient (Wildman–Crippen LogP) is 5.24. The summed E-state index contributed by atoms with van der Waals surface area (Å²) in [4.78, 5) is 33.5. The zero-order valence-corrected chi connectivity index (χ0v) is 20.9. The van der Waals surface area contributed by atoms with Crippen LogP contribution in [0.5, 0.6) is 5.75 Å². The van der Waals surface area contributed by atoms with Crippen molar-refractivity contribution in [2.75, 3.05) is 12.9 Å². The Kier molecular flexibility index (Phi) is 7.00. The molecular formula is C25H28ClN3O3S. The van der Waals surface area contributed by atoms with Crippen molar-refractivity contribution in [3.8, 4) is 11.4 Å². The third-order valence-electron chi connectivity index (χ3n) is 6.18. The summed E-state index contributed by atoms with van der Waals surface area (Å²) >= 11 is 7.44. The van der Waals surface area contributed by atoms with Gasteiger partial charge in [0.2, 0.25) is 5.91 Å². The molecule has 0 radical (unpaired) electrons. The number of thioether (sulfide) groups is 1. The van der Waals surface area contributed by atoms with Crippen LogP contribution in [0.2, 0.25) is 5.02 Å². The fraction of sp³-hybridized carbons (Fsp3) is 0.400. The number of piperidine rings is 1. The topological polar surface area (TPSA) is 64.4 Å². The summed E-state index contributed by atoms with van der Waals surface area (Å²) in [5.41, 5.74) is 1.86. The van der Waals surface area contributed by atoms with Gasteiger partial charge in [-0.15, -0.1) is 0 Å². The molecule has 6 nitrogen and oxygen atoms in total. The Balaban J connectivity index is 1.80. The number of halogens is 1. The minimum Gasteiger partial charge on any atom is -0.495 e. The number of carbonyl (C=O) groups excluding carboxylic acids is 1. The van der Waals surface area contributed by atoms with E-state index in [0.717, 1.165) is 24.8 Å². The largest absolute Gasteiger partial charge is 0.495 e. The lowest BCUT2D eigenvalue weighted by Gasteiger charge is -2.39. The van der Waals surface area contributed by atoms with Gasteiger partial charge in [-0.25, -0.2) is 4.98 Å². The highest BCUT2D eigenvalue weighted by atomic mass is 35.5. The van der Waals surface area contributed by atoms with Gasteiger partial charge in [-0.2, -0.15) is 0 Å². The molecule has 2 atom stereocenters. The Morgan fingerprint density at radius 3 is 2.61 bits per heavy atom. The number of aryl methyl sites for hydroxylation is 1. The van der Waals surface area contributed by atoms with Gasteiger partial charge in [0.15, 0.2) is 5.16 Å². The number of nitrogens with zero attached hydrogens (tertiary/aromatic N) is 3. The molecule has 1 fully saturated rings. The number of ether oxygens (including phenoxy) is 1. The molecule has 1 amide bonds. The van der Waals surface area contributed by atoms with Gasteiger partial charge in [0.1, 0.15) is 5.75 Å². The van der Waals surface area contributed by atoms with Gasteiger partial charge in [0.25, 0.3) is 5.56 Å². The molecular weight excluding hydrogens is 458 g/mol. The highest BCUT2D eigenvalue weighted by molar-refractivity contribution is 7.99. The fourth-order valence-electron chi connectivity index (χ4n) is 4.54. The van der Waals surface area contributed by atoms with E-state index in [0.29, 0.717) is 32.5 Å². The average Bonchev–Trinajstić information content (AvgIpc) is 2.77. The number of rotatable bonds is 5. The number of aromatic nitrogens is 2. The summed E-state index contributed by atoms with van der Waals surface area (Å²) in [6, 6.07) is 11.1. The van der Waals surface area contributed by atoms with Crippen molar-refractivity contribution in [1.82, 2.24) is 14.5 Å². The molecule has 0 bridgehead atoms. The van der Waals surface area contributed by atoms with E-state index < -0.39 is 0 Å². The molecule has 1 saturated heterocycles. The Hall–Kier alpha value is -2.51. The van der Waals surface area contributed by atoms with E-state index in [1.54, 1.807) is 29.9 Å². The van der Waals surface area contributed by atoms with E-state index in [1.807, 2.05) is 30.0 Å². The number of likely N-dealkylation sites (tertiary alicyclic amines) is 1. The molecule has 0 spiro atoms. The molecule has 3 aromatic rings. The summed E-state index contributed by atoms with van der Waals surface area (Å²) in [6.07, 6.45) is 3.16. The second-order valence-electron chi connectivity index (χ2n) is 8.59. The molecule has 33 heavy (non-hydrogen) atoms. The number of carbonyl (C=O) groups is 1. The Morgan fingerprint density at radius 1 is 1.18 bits per heavy atom. The number of methoxy groups -OCH3 is 1. The lowest BCUT2D eigenvalue weighted by molar-refractivity contribution is -0.134. The first-order valence-electron chi connectivity index (χ1n) is 11.1. The zero-order valence-electron chi connectivity index (χ0n) is 19.3. The van der Waals surface area contributed by atoms with Crippen molar-refractivity contribution in [1.29, 1.82) is 0 Å². The summed E-state index contributed by atoms with van der Waals surface area (Å²) in [5, 5.41) is 1.39. The molecule has 1 aromatic heterocycles. The van der Waals surface area contributed by atoms with Crippen LogP contribution in [0.3, 0.4) is 0 Å². The molecule has 1 aliphatic rings. The van der Waals surface area contributed by atoms with Crippen LogP contribution in [0.1, 0.15) is 38.7 Å². The van der Waals surface area contributed by atoms with Crippen LogP contribution in [0.15, 0.2) is 46.3 Å². The van der Waals surface area contributed by atoms with Gasteiger partial charge in [-0.3, -0.25) is 14.2 Å². The lowest BCUT2D eigenvalue weighted by atomic mass is 9.98. The quantitative estimate of drug-likeness (QED) is 0.365. The van der Waals surface area contributed by atoms with Gasteiger partial charge in [0.05, 0.1) is 29.5 Å². The van der Waals surface area contributed by atoms with Crippen molar-refractivity contribution in [3.63, 3.8) is 0 Å². The molecule has 8 heteroatoms. The monoisotopic (exact) mass is 485 g/mol. The van der Waals surface area contributed by atoms with Crippen molar-refractivity contribution in [3.05, 3.63) is 57.3 Å². The third kappa shape index (κ3) is 4.75. The van der Waals surface area contributed by atoms with Crippen molar-refractivity contribution >= 4 is 40.2 Å². The van der Waals surface area contributed by atoms with E-state index in [2.05, 4.69) is 13.8 Å². The maximum absolute atomic E-state index is 13.6. The van der Waals surface area contributed by atoms with Crippen LogP contribution in [-0.2, 0) is 4.79 Å². The van der Waals surface area contributed by atoms with Crippen molar-refractivity contribution in [2.45, 2.75) is 57.3 Å². The van der Waals surface area contributed by atoms with Crippen LogP contribution in [0, 0.1) is 6.92 Å². The summed E-state index contributed by atoms with van der Waals surface area (Å²) < 4.78 is 7.10. The SMILES string of the molecule is COc1ccc(C)cc1-n1c(SCC(=O)N2[C@@H](C)CCC[C@@H]2C)nc2cc(Cl)ccc2c1=O. The molecule has 2 heterocycles. The average molecular weight is 486 g/mol. The minimum atomic E-state index is -0.227. The Bertz CT molecular complexity index is 1250. The molecule has 174 valence electrons. The molecule has 0 N–H and O–H groups in total. The lowest BCUT2D eigenvalue weighted by Crippen LogP contribution is -2.48. The number of amides is 1. The second-order valence-corrected chi connectivity index (χ2v) is 9.97. The molecule has 1 aliphatic heterocycles. The van der Waals surface area contributed by atoms with Gasteiger partial charge in [-0.1, -0.05) is 29.4 Å². The summed E-state index contributed by atoms with van der Waals surface area (Å²) in [5.74, 6) is 0.814. The molecule has 2 aromatic carbocycles. The smallest absolute Gasteiger partial charge is 0.266 e.